The van der Waals surface area contributed by atoms with Crippen molar-refractivity contribution < 1.29 is 9.90 Å². The van der Waals surface area contributed by atoms with Gasteiger partial charge in [0.1, 0.15) is 0 Å². The lowest BCUT2D eigenvalue weighted by Crippen LogP contribution is -2.07. The second-order valence-corrected chi connectivity index (χ2v) is 2.85. The van der Waals surface area contributed by atoms with Crippen molar-refractivity contribution in [1.82, 2.24) is 0 Å². The lowest BCUT2D eigenvalue weighted by molar-refractivity contribution is -0.111. The molecule has 3 nitrogen and oxygen atoms in total. The Balaban J connectivity index is 2.71. The van der Waals surface area contributed by atoms with Crippen molar-refractivity contribution in [3.8, 4) is 0 Å². The molecule has 0 radical (unpaired) electrons. The van der Waals surface area contributed by atoms with Crippen molar-refractivity contribution >= 4 is 11.6 Å². The highest BCUT2D eigenvalue weighted by atomic mass is 16.3. The minimum absolute atomic E-state index is 0.0205. The second-order valence-electron chi connectivity index (χ2n) is 2.85. The lowest BCUT2D eigenvalue weighted by atomic mass is 10.2. The van der Waals surface area contributed by atoms with Gasteiger partial charge in [-0.3, -0.25) is 4.79 Å². The number of rotatable bonds is 3. The third kappa shape index (κ3) is 3.03. The number of nitrogens with one attached hydrogen (secondary N) is 1. The van der Waals surface area contributed by atoms with Gasteiger partial charge in [-0.2, -0.15) is 0 Å². The summed E-state index contributed by atoms with van der Waals surface area (Å²) in [5, 5.41) is 11.6. The number of amides is 1. The van der Waals surface area contributed by atoms with Crippen LogP contribution in [0.3, 0.4) is 0 Å². The van der Waals surface area contributed by atoms with Gasteiger partial charge < -0.3 is 10.4 Å². The fraction of sp³-hybridized carbons (Fsp3) is 0.182. The zero-order chi connectivity index (χ0) is 10.4. The van der Waals surface area contributed by atoms with E-state index in [1.54, 1.807) is 37.3 Å². The maximum atomic E-state index is 11.2. The molecule has 14 heavy (non-hydrogen) atoms. The maximum absolute atomic E-state index is 11.2. The highest BCUT2D eigenvalue weighted by Gasteiger charge is 1.97. The third-order valence-corrected chi connectivity index (χ3v) is 1.70. The molecule has 1 aromatic carbocycles. The summed E-state index contributed by atoms with van der Waals surface area (Å²) in [4.78, 5) is 11.2. The fourth-order valence-electron chi connectivity index (χ4n) is 1.08. The number of anilines is 1. The molecule has 74 valence electrons. The van der Waals surface area contributed by atoms with Crippen LogP contribution in [0, 0.1) is 0 Å². The number of allylic oxidation sites excluding steroid dienone is 1. The Bertz CT molecular complexity index is 345. The Morgan fingerprint density at radius 1 is 1.57 bits per heavy atom. The van der Waals surface area contributed by atoms with Crippen LogP contribution in [0.5, 0.6) is 0 Å². The summed E-state index contributed by atoms with van der Waals surface area (Å²) in [6.07, 6.45) is 3.12. The van der Waals surface area contributed by atoms with E-state index in [9.17, 15) is 4.79 Å². The van der Waals surface area contributed by atoms with E-state index in [-0.39, 0.29) is 12.5 Å². The van der Waals surface area contributed by atoms with E-state index in [0.717, 1.165) is 5.56 Å². The van der Waals surface area contributed by atoms with E-state index >= 15 is 0 Å². The highest BCUT2D eigenvalue weighted by Crippen LogP contribution is 2.10. The van der Waals surface area contributed by atoms with Gasteiger partial charge in [-0.1, -0.05) is 18.2 Å². The summed E-state index contributed by atoms with van der Waals surface area (Å²) in [6.45, 7) is 1.76. The van der Waals surface area contributed by atoms with E-state index in [2.05, 4.69) is 5.32 Å². The Morgan fingerprint density at radius 3 is 3.00 bits per heavy atom. The van der Waals surface area contributed by atoms with Crippen molar-refractivity contribution in [1.29, 1.82) is 0 Å². The Hall–Kier alpha value is -1.61. The number of aliphatic hydroxyl groups is 1. The van der Waals surface area contributed by atoms with Crippen LogP contribution in [-0.2, 0) is 11.4 Å². The molecule has 0 fully saturated rings. The van der Waals surface area contributed by atoms with Gasteiger partial charge in [-0.15, -0.1) is 0 Å². The third-order valence-electron chi connectivity index (χ3n) is 1.70. The minimum atomic E-state index is -0.164. The molecule has 0 aromatic heterocycles. The van der Waals surface area contributed by atoms with E-state index in [4.69, 9.17) is 5.11 Å². The molecule has 1 aromatic rings. The molecular weight excluding hydrogens is 178 g/mol. The number of aliphatic hydroxyl groups excluding tert-OH is 1. The normalized spacial score (nSPS) is 10.4. The Kier molecular flexibility index (Phi) is 3.88. The molecule has 0 aliphatic heterocycles. The van der Waals surface area contributed by atoms with Crippen molar-refractivity contribution in [2.45, 2.75) is 13.5 Å². The number of hydrogen-bond donors (Lipinski definition) is 2. The molecule has 0 spiro atoms. The van der Waals surface area contributed by atoms with Gasteiger partial charge in [0.25, 0.3) is 0 Å². The molecule has 0 saturated carbocycles. The van der Waals surface area contributed by atoms with Crippen LogP contribution in [0.25, 0.3) is 0 Å². The summed E-state index contributed by atoms with van der Waals surface area (Å²) in [6, 6.07) is 7.10. The van der Waals surface area contributed by atoms with Crippen LogP contribution in [0.15, 0.2) is 36.4 Å². The first-order chi connectivity index (χ1) is 6.76. The molecule has 1 amide bonds. The van der Waals surface area contributed by atoms with Crippen LogP contribution in [0.2, 0.25) is 0 Å². The summed E-state index contributed by atoms with van der Waals surface area (Å²) < 4.78 is 0. The Morgan fingerprint density at radius 2 is 2.36 bits per heavy atom. The lowest BCUT2D eigenvalue weighted by Gasteiger charge is -2.03. The average molecular weight is 191 g/mol. The van der Waals surface area contributed by atoms with Gasteiger partial charge in [0, 0.05) is 5.69 Å². The standard InChI is InChI=1S/C11H13NO2/c1-2-4-11(14)12-10-6-3-5-9(7-10)8-13/h2-7,13H,8H2,1H3,(H,12,14)/b4-2+. The van der Waals surface area contributed by atoms with Gasteiger partial charge in [0.2, 0.25) is 5.91 Å². The highest BCUT2D eigenvalue weighted by molar-refractivity contribution is 5.99. The van der Waals surface area contributed by atoms with Gasteiger partial charge in [0.15, 0.2) is 0 Å². The molecule has 0 atom stereocenters. The van der Waals surface area contributed by atoms with Crippen molar-refractivity contribution in [3.05, 3.63) is 42.0 Å². The van der Waals surface area contributed by atoms with Gasteiger partial charge in [-0.25, -0.2) is 0 Å². The molecule has 1 rings (SSSR count). The fourth-order valence-corrected chi connectivity index (χ4v) is 1.08. The number of hydrogen-bond acceptors (Lipinski definition) is 2. The summed E-state index contributed by atoms with van der Waals surface area (Å²) in [5.41, 5.74) is 1.47. The molecular formula is C11H13NO2. The number of carbonyl (C=O) groups is 1. The monoisotopic (exact) mass is 191 g/mol. The zero-order valence-corrected chi connectivity index (χ0v) is 8.03. The predicted octanol–water partition coefficient (Wildman–Crippen LogP) is 1.69. The molecule has 0 saturated heterocycles. The van der Waals surface area contributed by atoms with Crippen molar-refractivity contribution in [2.24, 2.45) is 0 Å². The maximum Gasteiger partial charge on any atom is 0.248 e. The van der Waals surface area contributed by atoms with Crippen LogP contribution in [0.4, 0.5) is 5.69 Å². The quantitative estimate of drug-likeness (QED) is 0.714. The van der Waals surface area contributed by atoms with E-state index in [1.165, 1.54) is 6.08 Å². The first-order valence-corrected chi connectivity index (χ1v) is 4.39. The molecule has 3 heteroatoms. The van der Waals surface area contributed by atoms with Crippen molar-refractivity contribution in [2.75, 3.05) is 5.32 Å². The van der Waals surface area contributed by atoms with Crippen LogP contribution in [-0.4, -0.2) is 11.0 Å². The van der Waals surface area contributed by atoms with E-state index in [1.807, 2.05) is 0 Å². The molecule has 0 aliphatic rings. The number of carbonyl (C=O) groups excluding carboxylic acids is 1. The van der Waals surface area contributed by atoms with Crippen LogP contribution >= 0.6 is 0 Å². The van der Waals surface area contributed by atoms with E-state index in [0.29, 0.717) is 5.69 Å². The van der Waals surface area contributed by atoms with E-state index < -0.39 is 0 Å². The predicted molar refractivity (Wildman–Crippen MR) is 55.8 cm³/mol. The average Bonchev–Trinajstić information content (AvgIpc) is 2.18. The minimum Gasteiger partial charge on any atom is -0.392 e. The largest absolute Gasteiger partial charge is 0.392 e. The summed E-state index contributed by atoms with van der Waals surface area (Å²) in [5.74, 6) is -0.164. The van der Waals surface area contributed by atoms with Gasteiger partial charge in [-0.05, 0) is 30.7 Å². The van der Waals surface area contributed by atoms with Crippen molar-refractivity contribution in [3.63, 3.8) is 0 Å². The van der Waals surface area contributed by atoms with Gasteiger partial charge in [0.05, 0.1) is 6.61 Å². The first kappa shape index (κ1) is 10.5. The molecule has 0 heterocycles. The summed E-state index contributed by atoms with van der Waals surface area (Å²) in [7, 11) is 0. The molecule has 0 unspecified atom stereocenters. The smallest absolute Gasteiger partial charge is 0.248 e. The number of benzene rings is 1. The molecule has 2 N–H and O–H groups in total. The van der Waals surface area contributed by atoms with Crippen LogP contribution < -0.4 is 5.32 Å². The molecule has 0 bridgehead atoms. The second kappa shape index (κ2) is 5.19. The summed E-state index contributed by atoms with van der Waals surface area (Å²) >= 11 is 0. The zero-order valence-electron chi connectivity index (χ0n) is 8.03. The topological polar surface area (TPSA) is 49.3 Å². The van der Waals surface area contributed by atoms with Gasteiger partial charge >= 0.3 is 0 Å². The first-order valence-electron chi connectivity index (χ1n) is 4.39. The Labute approximate surface area is 83.1 Å². The SMILES string of the molecule is C/C=C/C(=O)Nc1cccc(CO)c1. The van der Waals surface area contributed by atoms with Crippen LogP contribution in [0.1, 0.15) is 12.5 Å². The molecule has 0 aliphatic carbocycles.